The van der Waals surface area contributed by atoms with Crippen molar-refractivity contribution in [3.8, 4) is 0 Å². The van der Waals surface area contributed by atoms with Crippen LogP contribution in [0.2, 0.25) is 0 Å². The molecule has 1 aromatic rings. The van der Waals surface area contributed by atoms with Gasteiger partial charge in [-0.05, 0) is 18.4 Å². The molecule has 0 aliphatic carbocycles. The standard InChI is InChI=1S/C12H19NO/c1-2-12(13)10-14-9-8-11-6-4-3-5-7-11/h3-7,12H,2,8-10,13H2,1H3. The Hall–Kier alpha value is -0.860. The van der Waals surface area contributed by atoms with Crippen molar-refractivity contribution in [3.05, 3.63) is 35.9 Å². The number of benzene rings is 1. The highest BCUT2D eigenvalue weighted by atomic mass is 16.5. The Morgan fingerprint density at radius 3 is 2.64 bits per heavy atom. The summed E-state index contributed by atoms with van der Waals surface area (Å²) in [6.07, 6.45) is 1.95. The molecule has 0 aliphatic heterocycles. The average Bonchev–Trinajstić information content (AvgIpc) is 2.25. The number of rotatable bonds is 6. The molecular formula is C12H19NO. The zero-order chi connectivity index (χ0) is 10.2. The molecule has 14 heavy (non-hydrogen) atoms. The Morgan fingerprint density at radius 1 is 1.29 bits per heavy atom. The molecule has 0 amide bonds. The van der Waals surface area contributed by atoms with Gasteiger partial charge in [0.1, 0.15) is 0 Å². The van der Waals surface area contributed by atoms with E-state index in [1.54, 1.807) is 0 Å². The van der Waals surface area contributed by atoms with Gasteiger partial charge in [-0.15, -0.1) is 0 Å². The van der Waals surface area contributed by atoms with Crippen LogP contribution >= 0.6 is 0 Å². The molecule has 1 rings (SSSR count). The summed E-state index contributed by atoms with van der Waals surface area (Å²) in [4.78, 5) is 0. The second kappa shape index (κ2) is 6.57. The monoisotopic (exact) mass is 193 g/mol. The lowest BCUT2D eigenvalue weighted by Gasteiger charge is -2.09. The molecule has 0 bridgehead atoms. The Labute approximate surface area is 86.1 Å². The Bertz CT molecular complexity index is 235. The van der Waals surface area contributed by atoms with Crippen LogP contribution in [0.5, 0.6) is 0 Å². The van der Waals surface area contributed by atoms with Crippen molar-refractivity contribution in [1.29, 1.82) is 0 Å². The molecule has 2 nitrogen and oxygen atoms in total. The molecule has 0 saturated carbocycles. The van der Waals surface area contributed by atoms with Crippen molar-refractivity contribution < 1.29 is 4.74 Å². The van der Waals surface area contributed by atoms with Crippen molar-refractivity contribution in [3.63, 3.8) is 0 Å². The predicted octanol–water partition coefficient (Wildman–Crippen LogP) is 1.98. The number of hydrogen-bond donors (Lipinski definition) is 1. The molecule has 78 valence electrons. The number of nitrogens with two attached hydrogens (primary N) is 1. The van der Waals surface area contributed by atoms with Crippen LogP contribution in [0, 0.1) is 0 Å². The smallest absolute Gasteiger partial charge is 0.0617 e. The van der Waals surface area contributed by atoms with Gasteiger partial charge in [0, 0.05) is 6.04 Å². The second-order valence-electron chi connectivity index (χ2n) is 3.48. The Balaban J connectivity index is 2.10. The molecule has 0 aliphatic rings. The number of hydrogen-bond acceptors (Lipinski definition) is 2. The first-order valence-corrected chi connectivity index (χ1v) is 5.20. The van der Waals surface area contributed by atoms with Crippen LogP contribution in [-0.4, -0.2) is 19.3 Å². The fourth-order valence-electron chi connectivity index (χ4n) is 1.19. The van der Waals surface area contributed by atoms with Crippen LogP contribution in [0.4, 0.5) is 0 Å². The molecule has 0 heterocycles. The normalized spacial score (nSPS) is 12.7. The summed E-state index contributed by atoms with van der Waals surface area (Å²) >= 11 is 0. The van der Waals surface area contributed by atoms with Gasteiger partial charge in [-0.2, -0.15) is 0 Å². The lowest BCUT2D eigenvalue weighted by atomic mass is 10.2. The van der Waals surface area contributed by atoms with Crippen LogP contribution in [-0.2, 0) is 11.2 Å². The number of ether oxygens (including phenoxy) is 1. The molecule has 2 N–H and O–H groups in total. The molecule has 0 aromatic heterocycles. The van der Waals surface area contributed by atoms with Gasteiger partial charge in [-0.25, -0.2) is 0 Å². The molecule has 1 aromatic carbocycles. The summed E-state index contributed by atoms with van der Waals surface area (Å²) in [5, 5.41) is 0. The molecule has 1 atom stereocenters. The van der Waals surface area contributed by atoms with E-state index in [1.165, 1.54) is 5.56 Å². The third-order valence-electron chi connectivity index (χ3n) is 2.23. The van der Waals surface area contributed by atoms with Crippen LogP contribution in [0.1, 0.15) is 18.9 Å². The summed E-state index contributed by atoms with van der Waals surface area (Å²) in [6, 6.07) is 10.5. The van der Waals surface area contributed by atoms with E-state index in [4.69, 9.17) is 10.5 Å². The molecule has 0 spiro atoms. The third-order valence-corrected chi connectivity index (χ3v) is 2.23. The zero-order valence-electron chi connectivity index (χ0n) is 8.78. The minimum absolute atomic E-state index is 0.186. The first-order valence-electron chi connectivity index (χ1n) is 5.20. The highest BCUT2D eigenvalue weighted by Gasteiger charge is 1.98. The maximum Gasteiger partial charge on any atom is 0.0617 e. The predicted molar refractivity (Wildman–Crippen MR) is 59.2 cm³/mol. The first-order chi connectivity index (χ1) is 6.83. The van der Waals surface area contributed by atoms with Gasteiger partial charge in [0.25, 0.3) is 0 Å². The molecule has 0 fully saturated rings. The maximum absolute atomic E-state index is 5.73. The van der Waals surface area contributed by atoms with Gasteiger partial charge < -0.3 is 10.5 Å². The molecule has 2 heteroatoms. The minimum atomic E-state index is 0.186. The van der Waals surface area contributed by atoms with E-state index in [0.717, 1.165) is 19.4 Å². The Morgan fingerprint density at radius 2 is 2.00 bits per heavy atom. The van der Waals surface area contributed by atoms with E-state index in [-0.39, 0.29) is 6.04 Å². The largest absolute Gasteiger partial charge is 0.379 e. The van der Waals surface area contributed by atoms with Crippen LogP contribution in [0.3, 0.4) is 0 Å². The highest BCUT2D eigenvalue weighted by Crippen LogP contribution is 1.99. The second-order valence-corrected chi connectivity index (χ2v) is 3.48. The van der Waals surface area contributed by atoms with Gasteiger partial charge in [-0.1, -0.05) is 37.3 Å². The summed E-state index contributed by atoms with van der Waals surface area (Å²) in [6.45, 7) is 3.51. The maximum atomic E-state index is 5.73. The molecule has 0 saturated heterocycles. The average molecular weight is 193 g/mol. The van der Waals surface area contributed by atoms with Crippen molar-refractivity contribution in [2.45, 2.75) is 25.8 Å². The molecule has 0 radical (unpaired) electrons. The SMILES string of the molecule is CCC(N)COCCc1ccccc1. The van der Waals surface area contributed by atoms with Gasteiger partial charge >= 0.3 is 0 Å². The fraction of sp³-hybridized carbons (Fsp3) is 0.500. The van der Waals surface area contributed by atoms with Crippen molar-refractivity contribution in [2.24, 2.45) is 5.73 Å². The summed E-state index contributed by atoms with van der Waals surface area (Å²) in [5.41, 5.74) is 7.04. The Kier molecular flexibility index (Phi) is 5.27. The van der Waals surface area contributed by atoms with Crippen molar-refractivity contribution in [1.82, 2.24) is 0 Å². The highest BCUT2D eigenvalue weighted by molar-refractivity contribution is 5.14. The van der Waals surface area contributed by atoms with Crippen molar-refractivity contribution in [2.75, 3.05) is 13.2 Å². The van der Waals surface area contributed by atoms with E-state index in [2.05, 4.69) is 19.1 Å². The minimum Gasteiger partial charge on any atom is -0.379 e. The van der Waals surface area contributed by atoms with Gasteiger partial charge in [0.2, 0.25) is 0 Å². The summed E-state index contributed by atoms with van der Waals surface area (Å²) in [5.74, 6) is 0. The van der Waals surface area contributed by atoms with Gasteiger partial charge in [-0.3, -0.25) is 0 Å². The van der Waals surface area contributed by atoms with E-state index in [0.29, 0.717) is 6.61 Å². The summed E-state index contributed by atoms with van der Waals surface area (Å²) < 4.78 is 5.47. The molecular weight excluding hydrogens is 174 g/mol. The first kappa shape index (κ1) is 11.2. The van der Waals surface area contributed by atoms with E-state index >= 15 is 0 Å². The zero-order valence-corrected chi connectivity index (χ0v) is 8.78. The third kappa shape index (κ3) is 4.40. The lowest BCUT2D eigenvalue weighted by molar-refractivity contribution is 0.122. The van der Waals surface area contributed by atoms with Crippen LogP contribution < -0.4 is 5.73 Å². The fourth-order valence-corrected chi connectivity index (χ4v) is 1.19. The van der Waals surface area contributed by atoms with Gasteiger partial charge in [0.15, 0.2) is 0 Å². The van der Waals surface area contributed by atoms with E-state index in [9.17, 15) is 0 Å². The van der Waals surface area contributed by atoms with Crippen LogP contribution in [0.25, 0.3) is 0 Å². The quantitative estimate of drug-likeness (QED) is 0.701. The van der Waals surface area contributed by atoms with Crippen molar-refractivity contribution >= 4 is 0 Å². The van der Waals surface area contributed by atoms with Crippen LogP contribution in [0.15, 0.2) is 30.3 Å². The summed E-state index contributed by atoms with van der Waals surface area (Å²) in [7, 11) is 0. The lowest BCUT2D eigenvalue weighted by Crippen LogP contribution is -2.25. The molecule has 1 unspecified atom stereocenters. The van der Waals surface area contributed by atoms with E-state index in [1.807, 2.05) is 18.2 Å². The van der Waals surface area contributed by atoms with Gasteiger partial charge in [0.05, 0.1) is 13.2 Å². The topological polar surface area (TPSA) is 35.2 Å². The van der Waals surface area contributed by atoms with E-state index < -0.39 is 0 Å².